The Balaban J connectivity index is 1.86. The van der Waals surface area contributed by atoms with E-state index in [1.807, 2.05) is 13.8 Å². The molecule has 1 N–H and O–H groups in total. The lowest BCUT2D eigenvalue weighted by molar-refractivity contribution is 0.0686. The van der Waals surface area contributed by atoms with Gasteiger partial charge in [0, 0.05) is 19.1 Å². The Morgan fingerprint density at radius 1 is 1.36 bits per heavy atom. The number of carbonyl (C=O) groups is 1. The smallest absolute Gasteiger partial charge is 0.280 e. The molecule has 0 bridgehead atoms. The lowest BCUT2D eigenvalue weighted by Gasteiger charge is -2.32. The number of benzene rings is 1. The summed E-state index contributed by atoms with van der Waals surface area (Å²) in [5, 5.41) is 14.9. The van der Waals surface area contributed by atoms with Gasteiger partial charge >= 0.3 is 0 Å². The summed E-state index contributed by atoms with van der Waals surface area (Å²) in [7, 11) is 0. The molecule has 1 aliphatic rings. The second-order valence-electron chi connectivity index (χ2n) is 6.88. The van der Waals surface area contributed by atoms with Gasteiger partial charge in [0.1, 0.15) is 11.2 Å². The number of aromatic hydroxyl groups is 1. The molecule has 28 heavy (non-hydrogen) atoms. The van der Waals surface area contributed by atoms with Gasteiger partial charge in [0.15, 0.2) is 11.4 Å². The summed E-state index contributed by atoms with van der Waals surface area (Å²) in [4.78, 5) is 27.3. The second kappa shape index (κ2) is 6.63. The normalized spacial score (nSPS) is 16.6. The van der Waals surface area contributed by atoms with Crippen LogP contribution < -0.4 is 5.56 Å². The molecule has 0 unspecified atom stereocenters. The molecule has 0 radical (unpaired) electrons. The van der Waals surface area contributed by atoms with Gasteiger partial charge in [-0.05, 0) is 31.5 Å². The number of nitrogens with zero attached hydrogens (tertiary/aromatic N) is 4. The number of hydrogen-bond acceptors (Lipinski definition) is 4. The molecule has 1 atom stereocenters. The average Bonchev–Trinajstić information content (AvgIpc) is 2.97. The van der Waals surface area contributed by atoms with Gasteiger partial charge in [-0.1, -0.05) is 17.7 Å². The highest BCUT2D eigenvalue weighted by atomic mass is 35.5. The lowest BCUT2D eigenvalue weighted by atomic mass is 10.2. The number of aromatic nitrogens is 3. The van der Waals surface area contributed by atoms with Crippen LogP contribution in [-0.2, 0) is 6.54 Å². The largest absolute Gasteiger partial charge is 0.505 e. The summed E-state index contributed by atoms with van der Waals surface area (Å²) < 4.78 is 16.2. The van der Waals surface area contributed by atoms with E-state index in [1.165, 1.54) is 24.4 Å². The van der Waals surface area contributed by atoms with Crippen molar-refractivity contribution in [3.05, 3.63) is 56.8 Å². The van der Waals surface area contributed by atoms with Crippen LogP contribution in [0.25, 0.3) is 10.9 Å². The van der Waals surface area contributed by atoms with Gasteiger partial charge in [-0.2, -0.15) is 5.10 Å². The third kappa shape index (κ3) is 2.67. The minimum absolute atomic E-state index is 0.0483. The molecule has 9 heteroatoms. The van der Waals surface area contributed by atoms with Crippen LogP contribution in [0.1, 0.15) is 35.9 Å². The summed E-state index contributed by atoms with van der Waals surface area (Å²) in [5.74, 6) is -1.19. The van der Waals surface area contributed by atoms with E-state index in [0.29, 0.717) is 24.2 Å². The van der Waals surface area contributed by atoms with Gasteiger partial charge in [-0.3, -0.25) is 9.59 Å². The Bertz CT molecular complexity index is 1170. The van der Waals surface area contributed by atoms with Crippen molar-refractivity contribution in [3.63, 3.8) is 0 Å². The lowest BCUT2D eigenvalue weighted by Crippen LogP contribution is -2.41. The Morgan fingerprint density at radius 3 is 2.79 bits per heavy atom. The molecule has 4 rings (SSSR count). The fourth-order valence-corrected chi connectivity index (χ4v) is 3.93. The van der Waals surface area contributed by atoms with Crippen LogP contribution in [0.15, 0.2) is 29.2 Å². The predicted molar refractivity (Wildman–Crippen MR) is 102 cm³/mol. The highest BCUT2D eigenvalue weighted by Crippen LogP contribution is 2.36. The van der Waals surface area contributed by atoms with Crippen molar-refractivity contribution in [2.75, 3.05) is 13.1 Å². The Labute approximate surface area is 164 Å². The van der Waals surface area contributed by atoms with E-state index >= 15 is 0 Å². The van der Waals surface area contributed by atoms with Gasteiger partial charge in [-0.25, -0.2) is 9.07 Å². The molecule has 0 saturated carbocycles. The van der Waals surface area contributed by atoms with Crippen LogP contribution in [0.3, 0.4) is 0 Å². The molecule has 3 aromatic rings. The zero-order chi connectivity index (χ0) is 20.2. The molecule has 1 aromatic carbocycles. The summed E-state index contributed by atoms with van der Waals surface area (Å²) in [6.07, 6.45) is 1.47. The topological polar surface area (TPSA) is 80.4 Å². The maximum absolute atomic E-state index is 13.4. The third-order valence-electron chi connectivity index (χ3n) is 5.10. The first kappa shape index (κ1) is 18.5. The van der Waals surface area contributed by atoms with E-state index in [0.717, 1.165) is 4.68 Å². The SMILES string of the molecule is CCN1C[C@H](C)n2c(c(O)c3c(=O)n(Cc4ccc(F)c(Cl)c4)ncc32)C1=O. The first-order chi connectivity index (χ1) is 13.3. The molecule has 0 saturated heterocycles. The number of rotatable bonds is 3. The number of fused-ring (bicyclic) bond motifs is 3. The van der Waals surface area contributed by atoms with Crippen molar-refractivity contribution < 1.29 is 14.3 Å². The Morgan fingerprint density at radius 2 is 2.11 bits per heavy atom. The quantitative estimate of drug-likeness (QED) is 0.728. The number of likely N-dealkylation sites (N-methyl/N-ethyl adjacent to an activating group) is 1. The molecular formula is C19H18ClFN4O3. The molecule has 3 heterocycles. The van der Waals surface area contributed by atoms with Crippen molar-refractivity contribution >= 4 is 28.4 Å². The van der Waals surface area contributed by atoms with Crippen molar-refractivity contribution in [1.29, 1.82) is 0 Å². The fourth-order valence-electron chi connectivity index (χ4n) is 3.73. The van der Waals surface area contributed by atoms with Crippen LogP contribution in [-0.4, -0.2) is 43.4 Å². The molecule has 1 amide bonds. The van der Waals surface area contributed by atoms with E-state index in [4.69, 9.17) is 11.6 Å². The summed E-state index contributed by atoms with van der Waals surface area (Å²) in [6.45, 7) is 4.84. The zero-order valence-corrected chi connectivity index (χ0v) is 16.1. The highest BCUT2D eigenvalue weighted by Gasteiger charge is 2.35. The number of carbonyl (C=O) groups excluding carboxylic acids is 1. The first-order valence-electron chi connectivity index (χ1n) is 8.89. The third-order valence-corrected chi connectivity index (χ3v) is 5.39. The van der Waals surface area contributed by atoms with Crippen LogP contribution in [0, 0.1) is 5.82 Å². The first-order valence-corrected chi connectivity index (χ1v) is 9.27. The molecule has 7 nitrogen and oxygen atoms in total. The van der Waals surface area contributed by atoms with Crippen molar-refractivity contribution in [2.45, 2.75) is 26.4 Å². The standard InChI is InChI=1S/C19H18ClFN4O3/c1-3-23-8-10(2)25-14-7-22-24(9-11-4-5-13(21)12(20)6-11)18(27)15(14)17(26)16(25)19(23)28/h4-7,10,26H,3,8-9H2,1-2H3/t10-/m0/s1. The average molecular weight is 405 g/mol. The summed E-state index contributed by atoms with van der Waals surface area (Å²) >= 11 is 5.80. The summed E-state index contributed by atoms with van der Waals surface area (Å²) in [5.41, 5.74) is 0.588. The van der Waals surface area contributed by atoms with Crippen molar-refractivity contribution in [3.8, 4) is 5.75 Å². The van der Waals surface area contributed by atoms with E-state index in [9.17, 15) is 19.1 Å². The molecule has 0 fully saturated rings. The molecule has 2 aromatic heterocycles. The maximum Gasteiger partial charge on any atom is 0.280 e. The van der Waals surface area contributed by atoms with E-state index in [1.54, 1.807) is 9.47 Å². The van der Waals surface area contributed by atoms with Gasteiger partial charge in [0.25, 0.3) is 11.5 Å². The number of amides is 1. The van der Waals surface area contributed by atoms with Crippen LogP contribution in [0.5, 0.6) is 5.75 Å². The van der Waals surface area contributed by atoms with E-state index in [-0.39, 0.29) is 40.3 Å². The molecule has 0 aliphatic carbocycles. The molecule has 0 spiro atoms. The Kier molecular flexibility index (Phi) is 4.38. The van der Waals surface area contributed by atoms with Gasteiger partial charge in [0.05, 0.1) is 23.3 Å². The highest BCUT2D eigenvalue weighted by molar-refractivity contribution is 6.30. The van der Waals surface area contributed by atoms with Crippen molar-refractivity contribution in [2.24, 2.45) is 0 Å². The molecule has 1 aliphatic heterocycles. The predicted octanol–water partition coefficient (Wildman–Crippen LogP) is 2.78. The fraction of sp³-hybridized carbons (Fsp3) is 0.316. The molecular weight excluding hydrogens is 387 g/mol. The second-order valence-corrected chi connectivity index (χ2v) is 7.28. The van der Waals surface area contributed by atoms with Crippen LogP contribution >= 0.6 is 11.6 Å². The van der Waals surface area contributed by atoms with Gasteiger partial charge in [-0.15, -0.1) is 0 Å². The van der Waals surface area contributed by atoms with E-state index < -0.39 is 11.4 Å². The minimum atomic E-state index is -0.549. The van der Waals surface area contributed by atoms with E-state index in [2.05, 4.69) is 5.10 Å². The number of halogens is 2. The zero-order valence-electron chi connectivity index (χ0n) is 15.3. The summed E-state index contributed by atoms with van der Waals surface area (Å²) in [6, 6.07) is 4.04. The maximum atomic E-state index is 13.4. The van der Waals surface area contributed by atoms with Crippen LogP contribution in [0.4, 0.5) is 4.39 Å². The van der Waals surface area contributed by atoms with Gasteiger partial charge < -0.3 is 14.6 Å². The monoisotopic (exact) mass is 404 g/mol. The van der Waals surface area contributed by atoms with Crippen molar-refractivity contribution in [1.82, 2.24) is 19.2 Å². The van der Waals surface area contributed by atoms with Crippen LogP contribution in [0.2, 0.25) is 5.02 Å². The Hall–Kier alpha value is -2.87. The van der Waals surface area contributed by atoms with Gasteiger partial charge in [0.2, 0.25) is 0 Å². The minimum Gasteiger partial charge on any atom is -0.505 e. The molecule has 146 valence electrons. The number of hydrogen-bond donors (Lipinski definition) is 1.